The predicted octanol–water partition coefficient (Wildman–Crippen LogP) is 2.77. The third-order valence-electron chi connectivity index (χ3n) is 2.24. The summed E-state index contributed by atoms with van der Waals surface area (Å²) in [7, 11) is 0. The van der Waals surface area contributed by atoms with E-state index in [0.29, 0.717) is 18.9 Å². The van der Waals surface area contributed by atoms with E-state index in [1.807, 2.05) is 39.0 Å². The fourth-order valence-electron chi connectivity index (χ4n) is 1.34. The Morgan fingerprint density at radius 1 is 1.38 bits per heavy atom. The van der Waals surface area contributed by atoms with Crippen molar-refractivity contribution < 1.29 is 9.53 Å². The summed E-state index contributed by atoms with van der Waals surface area (Å²) >= 11 is 0. The van der Waals surface area contributed by atoms with Crippen molar-refractivity contribution >= 4 is 5.97 Å². The molecule has 0 N–H and O–H groups in total. The van der Waals surface area contributed by atoms with Gasteiger partial charge in [-0.25, -0.2) is 0 Å². The number of pyridine rings is 1. The second kappa shape index (κ2) is 6.26. The third kappa shape index (κ3) is 4.43. The quantitative estimate of drug-likeness (QED) is 0.718. The fourth-order valence-corrected chi connectivity index (χ4v) is 1.34. The monoisotopic (exact) mass is 221 g/mol. The maximum Gasteiger partial charge on any atom is 0.306 e. The molecule has 0 fully saturated rings. The van der Waals surface area contributed by atoms with Crippen LogP contribution in [0.2, 0.25) is 0 Å². The molecule has 0 aliphatic carbocycles. The van der Waals surface area contributed by atoms with Gasteiger partial charge in [0.25, 0.3) is 0 Å². The van der Waals surface area contributed by atoms with Crippen LogP contribution in [-0.4, -0.2) is 17.6 Å². The van der Waals surface area contributed by atoms with Crippen LogP contribution >= 0.6 is 0 Å². The number of carbonyl (C=O) groups excluding carboxylic acids is 1. The van der Waals surface area contributed by atoms with E-state index >= 15 is 0 Å². The number of rotatable bonds is 5. The van der Waals surface area contributed by atoms with Crippen LogP contribution in [0.5, 0.6) is 0 Å². The molecule has 16 heavy (non-hydrogen) atoms. The highest BCUT2D eigenvalue weighted by Crippen LogP contribution is 2.16. The molecule has 0 bridgehead atoms. The molecule has 1 aromatic rings. The highest BCUT2D eigenvalue weighted by molar-refractivity contribution is 5.70. The lowest BCUT2D eigenvalue weighted by Crippen LogP contribution is -2.12. The summed E-state index contributed by atoms with van der Waals surface area (Å²) in [6, 6.07) is 5.73. The summed E-state index contributed by atoms with van der Waals surface area (Å²) in [6.45, 7) is 6.53. The molecule has 88 valence electrons. The molecule has 1 unspecified atom stereocenters. The van der Waals surface area contributed by atoms with Gasteiger partial charge in [0, 0.05) is 17.8 Å². The second-order valence-corrected chi connectivity index (χ2v) is 4.44. The van der Waals surface area contributed by atoms with E-state index in [4.69, 9.17) is 4.74 Å². The average Bonchev–Trinajstić information content (AvgIpc) is 2.27. The van der Waals surface area contributed by atoms with Crippen LogP contribution in [0.15, 0.2) is 24.4 Å². The number of esters is 1. The summed E-state index contributed by atoms with van der Waals surface area (Å²) in [6.07, 6.45) is 2.13. The number of hydrogen-bond donors (Lipinski definition) is 0. The van der Waals surface area contributed by atoms with E-state index < -0.39 is 0 Å². The van der Waals surface area contributed by atoms with E-state index in [-0.39, 0.29) is 11.9 Å². The molecule has 0 aromatic carbocycles. The van der Waals surface area contributed by atoms with Crippen LogP contribution in [0, 0.1) is 5.92 Å². The molecule has 0 amide bonds. The Kier molecular flexibility index (Phi) is 4.96. The van der Waals surface area contributed by atoms with Crippen molar-refractivity contribution in [1.29, 1.82) is 0 Å². The number of nitrogens with zero attached hydrogens (tertiary/aromatic N) is 1. The fraction of sp³-hybridized carbons (Fsp3) is 0.538. The SMILES string of the molecule is CC(C)COC(=O)CC(C)c1ccccn1. The number of ether oxygens (including phenoxy) is 1. The van der Waals surface area contributed by atoms with E-state index in [9.17, 15) is 4.79 Å². The first-order valence-corrected chi connectivity index (χ1v) is 5.66. The van der Waals surface area contributed by atoms with Crippen LogP contribution < -0.4 is 0 Å². The van der Waals surface area contributed by atoms with Crippen molar-refractivity contribution in [2.45, 2.75) is 33.1 Å². The van der Waals surface area contributed by atoms with Crippen LogP contribution in [-0.2, 0) is 9.53 Å². The van der Waals surface area contributed by atoms with Crippen molar-refractivity contribution in [1.82, 2.24) is 4.98 Å². The Morgan fingerprint density at radius 3 is 2.69 bits per heavy atom. The first kappa shape index (κ1) is 12.7. The van der Waals surface area contributed by atoms with Crippen LogP contribution in [0.25, 0.3) is 0 Å². The van der Waals surface area contributed by atoms with Gasteiger partial charge in [0.2, 0.25) is 0 Å². The van der Waals surface area contributed by atoms with Gasteiger partial charge in [0.05, 0.1) is 13.0 Å². The van der Waals surface area contributed by atoms with Crippen LogP contribution in [0.4, 0.5) is 0 Å². The zero-order valence-corrected chi connectivity index (χ0v) is 10.1. The van der Waals surface area contributed by atoms with Gasteiger partial charge in [-0.1, -0.05) is 26.8 Å². The minimum atomic E-state index is -0.146. The van der Waals surface area contributed by atoms with Gasteiger partial charge in [-0.15, -0.1) is 0 Å². The van der Waals surface area contributed by atoms with Crippen LogP contribution in [0.1, 0.15) is 38.8 Å². The summed E-state index contributed by atoms with van der Waals surface area (Å²) < 4.78 is 5.13. The molecule has 1 aromatic heterocycles. The Bertz CT molecular complexity index is 322. The summed E-state index contributed by atoms with van der Waals surface area (Å²) in [5.74, 6) is 0.349. The molecule has 3 heteroatoms. The topological polar surface area (TPSA) is 39.2 Å². The van der Waals surface area contributed by atoms with Gasteiger partial charge in [0.15, 0.2) is 0 Å². The average molecular weight is 221 g/mol. The highest BCUT2D eigenvalue weighted by Gasteiger charge is 2.13. The van der Waals surface area contributed by atoms with Crippen molar-refractivity contribution in [2.24, 2.45) is 5.92 Å². The second-order valence-electron chi connectivity index (χ2n) is 4.44. The number of carbonyl (C=O) groups is 1. The molecule has 0 radical (unpaired) electrons. The van der Waals surface area contributed by atoms with Crippen molar-refractivity contribution in [3.63, 3.8) is 0 Å². The molecule has 0 spiro atoms. The number of aromatic nitrogens is 1. The molecule has 1 atom stereocenters. The van der Waals surface area contributed by atoms with Crippen molar-refractivity contribution in [2.75, 3.05) is 6.61 Å². The molecular weight excluding hydrogens is 202 g/mol. The lowest BCUT2D eigenvalue weighted by Gasteiger charge is -2.11. The largest absolute Gasteiger partial charge is 0.465 e. The van der Waals surface area contributed by atoms with Gasteiger partial charge in [-0.2, -0.15) is 0 Å². The smallest absolute Gasteiger partial charge is 0.306 e. The van der Waals surface area contributed by atoms with E-state index in [0.717, 1.165) is 5.69 Å². The van der Waals surface area contributed by atoms with Crippen LogP contribution in [0.3, 0.4) is 0 Å². The summed E-state index contributed by atoms with van der Waals surface area (Å²) in [5, 5.41) is 0. The Morgan fingerprint density at radius 2 is 2.12 bits per heavy atom. The molecule has 3 nitrogen and oxygen atoms in total. The maximum absolute atomic E-state index is 11.5. The molecule has 0 saturated carbocycles. The first-order chi connectivity index (χ1) is 7.59. The molecule has 0 aliphatic heterocycles. The van der Waals surface area contributed by atoms with Gasteiger partial charge in [0.1, 0.15) is 0 Å². The zero-order chi connectivity index (χ0) is 12.0. The van der Waals surface area contributed by atoms with E-state index in [2.05, 4.69) is 4.98 Å². The minimum absolute atomic E-state index is 0.112. The first-order valence-electron chi connectivity index (χ1n) is 5.66. The van der Waals surface area contributed by atoms with E-state index in [1.165, 1.54) is 0 Å². The third-order valence-corrected chi connectivity index (χ3v) is 2.24. The molecule has 1 rings (SSSR count). The molecule has 1 heterocycles. The zero-order valence-electron chi connectivity index (χ0n) is 10.1. The Balaban J connectivity index is 2.40. The normalized spacial score (nSPS) is 12.5. The van der Waals surface area contributed by atoms with Crippen molar-refractivity contribution in [3.05, 3.63) is 30.1 Å². The standard InChI is InChI=1S/C13H19NO2/c1-10(2)9-16-13(15)8-11(3)12-6-4-5-7-14-12/h4-7,10-11H,8-9H2,1-3H3. The van der Waals surface area contributed by atoms with Crippen molar-refractivity contribution in [3.8, 4) is 0 Å². The molecule has 0 saturated heterocycles. The molecular formula is C13H19NO2. The van der Waals surface area contributed by atoms with Gasteiger partial charge < -0.3 is 4.74 Å². The summed E-state index contributed by atoms with van der Waals surface area (Å²) in [5.41, 5.74) is 0.934. The predicted molar refractivity (Wildman–Crippen MR) is 63.1 cm³/mol. The lowest BCUT2D eigenvalue weighted by atomic mass is 10.0. The van der Waals surface area contributed by atoms with Gasteiger partial charge in [-0.3, -0.25) is 9.78 Å². The Labute approximate surface area is 96.8 Å². The maximum atomic E-state index is 11.5. The number of hydrogen-bond acceptors (Lipinski definition) is 3. The summed E-state index contributed by atoms with van der Waals surface area (Å²) in [4.78, 5) is 15.7. The highest BCUT2D eigenvalue weighted by atomic mass is 16.5. The molecule has 0 aliphatic rings. The Hall–Kier alpha value is -1.38. The van der Waals surface area contributed by atoms with E-state index in [1.54, 1.807) is 6.20 Å². The minimum Gasteiger partial charge on any atom is -0.465 e. The van der Waals surface area contributed by atoms with Gasteiger partial charge in [-0.05, 0) is 18.1 Å². The van der Waals surface area contributed by atoms with Gasteiger partial charge >= 0.3 is 5.97 Å². The lowest BCUT2D eigenvalue weighted by molar-refractivity contribution is -0.145.